The molecule has 1 amide bonds. The highest BCUT2D eigenvalue weighted by atomic mass is 16.2. The van der Waals surface area contributed by atoms with E-state index in [1.807, 2.05) is 18.7 Å². The van der Waals surface area contributed by atoms with Gasteiger partial charge in [-0.1, -0.05) is 12.2 Å². The van der Waals surface area contributed by atoms with Gasteiger partial charge >= 0.3 is 0 Å². The molecular weight excluding hydrogens is 226 g/mol. The average Bonchev–Trinajstić information content (AvgIpc) is 2.30. The molecule has 2 atom stereocenters. The summed E-state index contributed by atoms with van der Waals surface area (Å²) in [7, 11) is 0. The molecule has 1 rings (SSSR count). The lowest BCUT2D eigenvalue weighted by Crippen LogP contribution is -2.56. The highest BCUT2D eigenvalue weighted by Gasteiger charge is 2.25. The number of nitrogens with one attached hydrogen (secondary N) is 1. The highest BCUT2D eigenvalue weighted by molar-refractivity contribution is 5.78. The molecule has 18 heavy (non-hydrogen) atoms. The smallest absolute Gasteiger partial charge is 0.237 e. The van der Waals surface area contributed by atoms with Gasteiger partial charge in [0.15, 0.2) is 0 Å². The minimum atomic E-state index is 0.210. The number of amides is 1. The van der Waals surface area contributed by atoms with Crippen LogP contribution in [0, 0.1) is 0 Å². The summed E-state index contributed by atoms with van der Waals surface area (Å²) >= 11 is 0. The van der Waals surface area contributed by atoms with Crippen LogP contribution in [0.2, 0.25) is 0 Å². The summed E-state index contributed by atoms with van der Waals surface area (Å²) in [6.45, 7) is 16.0. The molecule has 1 fully saturated rings. The molecule has 0 bridgehead atoms. The van der Waals surface area contributed by atoms with Crippen molar-refractivity contribution in [2.45, 2.75) is 39.8 Å². The van der Waals surface area contributed by atoms with Crippen LogP contribution in [0.4, 0.5) is 0 Å². The van der Waals surface area contributed by atoms with Gasteiger partial charge in [0.2, 0.25) is 5.91 Å². The summed E-state index contributed by atoms with van der Waals surface area (Å²) in [5, 5.41) is 3.43. The van der Waals surface area contributed by atoms with E-state index >= 15 is 0 Å². The van der Waals surface area contributed by atoms with Crippen molar-refractivity contribution < 1.29 is 4.79 Å². The molecule has 4 nitrogen and oxygen atoms in total. The van der Waals surface area contributed by atoms with E-state index in [1.165, 1.54) is 0 Å². The second-order valence-electron chi connectivity index (χ2n) is 5.45. The van der Waals surface area contributed by atoms with Crippen molar-refractivity contribution in [3.05, 3.63) is 12.2 Å². The number of hydrogen-bond acceptors (Lipinski definition) is 3. The van der Waals surface area contributed by atoms with Crippen LogP contribution in [0.5, 0.6) is 0 Å². The van der Waals surface area contributed by atoms with E-state index < -0.39 is 0 Å². The number of carbonyl (C=O) groups is 1. The van der Waals surface area contributed by atoms with Crippen LogP contribution >= 0.6 is 0 Å². The van der Waals surface area contributed by atoms with E-state index in [2.05, 4.69) is 30.6 Å². The number of rotatable bonds is 5. The summed E-state index contributed by atoms with van der Waals surface area (Å²) < 4.78 is 0. The van der Waals surface area contributed by atoms with Crippen LogP contribution in [0.15, 0.2) is 12.2 Å². The van der Waals surface area contributed by atoms with Gasteiger partial charge in [-0.25, -0.2) is 0 Å². The summed E-state index contributed by atoms with van der Waals surface area (Å²) in [6.07, 6.45) is 0. The second-order valence-corrected chi connectivity index (χ2v) is 5.45. The maximum atomic E-state index is 12.3. The Morgan fingerprint density at radius 1 is 1.50 bits per heavy atom. The SMILES string of the molecule is C=C(C)CN(CC)C(=O)CN1CC(C)NCC1C. The Morgan fingerprint density at radius 2 is 2.17 bits per heavy atom. The molecule has 1 N–H and O–H groups in total. The molecule has 0 aromatic carbocycles. The number of hydrogen-bond donors (Lipinski definition) is 1. The van der Waals surface area contributed by atoms with Crippen LogP contribution < -0.4 is 5.32 Å². The zero-order valence-corrected chi connectivity index (χ0v) is 12.2. The lowest BCUT2D eigenvalue weighted by molar-refractivity contribution is -0.132. The first-order valence-electron chi connectivity index (χ1n) is 6.83. The van der Waals surface area contributed by atoms with Crippen LogP contribution in [0.25, 0.3) is 0 Å². The summed E-state index contributed by atoms with van der Waals surface area (Å²) in [5.74, 6) is 0.210. The topological polar surface area (TPSA) is 35.6 Å². The average molecular weight is 253 g/mol. The zero-order valence-electron chi connectivity index (χ0n) is 12.2. The molecule has 0 aromatic rings. The summed E-state index contributed by atoms with van der Waals surface area (Å²) in [4.78, 5) is 16.4. The number of carbonyl (C=O) groups excluding carboxylic acids is 1. The molecule has 1 aliphatic rings. The quantitative estimate of drug-likeness (QED) is 0.745. The molecular formula is C14H27N3O. The third-order valence-electron chi connectivity index (χ3n) is 3.43. The third kappa shape index (κ3) is 4.42. The minimum Gasteiger partial charge on any atom is -0.338 e. The fourth-order valence-corrected chi connectivity index (χ4v) is 2.29. The Bertz CT molecular complexity index is 303. The van der Waals surface area contributed by atoms with Gasteiger partial charge in [-0.05, 0) is 27.7 Å². The molecule has 2 unspecified atom stereocenters. The first-order chi connectivity index (χ1) is 8.43. The fourth-order valence-electron chi connectivity index (χ4n) is 2.29. The molecule has 0 spiro atoms. The highest BCUT2D eigenvalue weighted by Crippen LogP contribution is 2.07. The molecule has 1 aliphatic heterocycles. The molecule has 4 heteroatoms. The fraction of sp³-hybridized carbons (Fsp3) is 0.786. The zero-order chi connectivity index (χ0) is 13.7. The van der Waals surface area contributed by atoms with Gasteiger partial charge in [0.05, 0.1) is 6.54 Å². The number of nitrogens with zero attached hydrogens (tertiary/aromatic N) is 2. The van der Waals surface area contributed by atoms with Crippen LogP contribution in [0.1, 0.15) is 27.7 Å². The van der Waals surface area contributed by atoms with E-state index in [0.717, 1.165) is 25.2 Å². The molecule has 104 valence electrons. The second kappa shape index (κ2) is 6.90. The Morgan fingerprint density at radius 3 is 2.72 bits per heavy atom. The van der Waals surface area contributed by atoms with Gasteiger partial charge in [-0.2, -0.15) is 0 Å². The molecule has 1 heterocycles. The molecule has 0 aromatic heterocycles. The Hall–Kier alpha value is -0.870. The Kier molecular flexibility index (Phi) is 5.82. The van der Waals surface area contributed by atoms with E-state index in [9.17, 15) is 4.79 Å². The van der Waals surface area contributed by atoms with Crippen molar-refractivity contribution >= 4 is 5.91 Å². The van der Waals surface area contributed by atoms with E-state index in [-0.39, 0.29) is 5.91 Å². The predicted octanol–water partition coefficient (Wildman–Crippen LogP) is 1.09. The molecule has 0 radical (unpaired) electrons. The first kappa shape index (κ1) is 15.2. The Balaban J connectivity index is 2.53. The van der Waals surface area contributed by atoms with Gasteiger partial charge in [0.1, 0.15) is 0 Å². The maximum Gasteiger partial charge on any atom is 0.237 e. The third-order valence-corrected chi connectivity index (χ3v) is 3.43. The molecule has 0 saturated carbocycles. The van der Waals surface area contributed by atoms with Crippen LogP contribution in [-0.4, -0.2) is 60.5 Å². The van der Waals surface area contributed by atoms with Crippen molar-refractivity contribution in [1.82, 2.24) is 15.1 Å². The van der Waals surface area contributed by atoms with Gasteiger partial charge in [0.25, 0.3) is 0 Å². The lowest BCUT2D eigenvalue weighted by atomic mass is 10.1. The number of piperazine rings is 1. The summed E-state index contributed by atoms with van der Waals surface area (Å²) in [5.41, 5.74) is 1.03. The van der Waals surface area contributed by atoms with E-state index in [1.54, 1.807) is 0 Å². The standard InChI is InChI=1S/C14H27N3O/c1-6-16(8-11(2)3)14(18)10-17-9-12(4)15-7-13(17)5/h12-13,15H,2,6-10H2,1,3-5H3. The van der Waals surface area contributed by atoms with Gasteiger partial charge in [-0.15, -0.1) is 0 Å². The number of likely N-dealkylation sites (N-methyl/N-ethyl adjacent to an activating group) is 1. The van der Waals surface area contributed by atoms with E-state index in [0.29, 0.717) is 25.2 Å². The molecule has 1 saturated heterocycles. The van der Waals surface area contributed by atoms with Crippen molar-refractivity contribution in [1.29, 1.82) is 0 Å². The van der Waals surface area contributed by atoms with Crippen molar-refractivity contribution in [2.75, 3.05) is 32.7 Å². The summed E-state index contributed by atoms with van der Waals surface area (Å²) in [6, 6.07) is 0.888. The van der Waals surface area contributed by atoms with E-state index in [4.69, 9.17) is 0 Å². The largest absolute Gasteiger partial charge is 0.338 e. The van der Waals surface area contributed by atoms with Crippen LogP contribution in [0.3, 0.4) is 0 Å². The Labute approximate surface area is 111 Å². The molecule has 0 aliphatic carbocycles. The van der Waals surface area contributed by atoms with Gasteiger partial charge in [-0.3, -0.25) is 9.69 Å². The first-order valence-corrected chi connectivity index (χ1v) is 6.83. The van der Waals surface area contributed by atoms with Gasteiger partial charge in [0, 0.05) is 38.3 Å². The van der Waals surface area contributed by atoms with Crippen LogP contribution in [-0.2, 0) is 4.79 Å². The van der Waals surface area contributed by atoms with Crippen molar-refractivity contribution in [3.63, 3.8) is 0 Å². The van der Waals surface area contributed by atoms with Gasteiger partial charge < -0.3 is 10.2 Å². The predicted molar refractivity (Wildman–Crippen MR) is 75.6 cm³/mol. The normalized spacial score (nSPS) is 24.9. The van der Waals surface area contributed by atoms with Crippen molar-refractivity contribution in [2.24, 2.45) is 0 Å². The minimum absolute atomic E-state index is 0.210. The maximum absolute atomic E-state index is 12.3. The monoisotopic (exact) mass is 253 g/mol. The lowest BCUT2D eigenvalue weighted by Gasteiger charge is -2.38. The van der Waals surface area contributed by atoms with Crippen molar-refractivity contribution in [3.8, 4) is 0 Å².